The van der Waals surface area contributed by atoms with Crippen LogP contribution in [-0.2, 0) is 0 Å². The number of fused-ring (bicyclic) bond motifs is 1. The first kappa shape index (κ1) is 14.2. The molecule has 2 aromatic rings. The Morgan fingerprint density at radius 1 is 1.14 bits per heavy atom. The van der Waals surface area contributed by atoms with Crippen molar-refractivity contribution in [1.82, 2.24) is 9.80 Å². The zero-order chi connectivity index (χ0) is 14.9. The second kappa shape index (κ2) is 6.01. The minimum Gasteiger partial charge on any atom is -0.334 e. The van der Waals surface area contributed by atoms with Crippen LogP contribution in [-0.4, -0.2) is 47.9 Å². The summed E-state index contributed by atoms with van der Waals surface area (Å²) in [5.74, 6) is 0.239. The zero-order valence-electron chi connectivity index (χ0n) is 12.8. The standard InChI is InChI=1S/C18H22N2OS/c21-18(17-12-14-6-1-2-8-16(14)22-17)20-11-5-7-15(20)13-19-9-3-4-10-19/h1-2,6,8,12,15H,3-5,7,9-11,13H2/t15-/m0/s1. The highest BCUT2D eigenvalue weighted by atomic mass is 32.1. The van der Waals surface area contributed by atoms with E-state index in [0.29, 0.717) is 6.04 Å². The number of likely N-dealkylation sites (tertiary alicyclic amines) is 2. The number of rotatable bonds is 3. The van der Waals surface area contributed by atoms with Crippen molar-refractivity contribution in [2.24, 2.45) is 0 Å². The van der Waals surface area contributed by atoms with Gasteiger partial charge in [0, 0.05) is 23.8 Å². The Morgan fingerprint density at radius 3 is 2.77 bits per heavy atom. The Kier molecular flexibility index (Phi) is 3.89. The molecular formula is C18H22N2OS. The van der Waals surface area contributed by atoms with Gasteiger partial charge in [-0.25, -0.2) is 0 Å². The van der Waals surface area contributed by atoms with E-state index < -0.39 is 0 Å². The summed E-state index contributed by atoms with van der Waals surface area (Å²) < 4.78 is 1.21. The molecule has 0 N–H and O–H groups in total. The normalized spacial score (nSPS) is 22.7. The lowest BCUT2D eigenvalue weighted by atomic mass is 10.2. The van der Waals surface area contributed by atoms with Gasteiger partial charge in [0.25, 0.3) is 5.91 Å². The quantitative estimate of drug-likeness (QED) is 0.864. The highest BCUT2D eigenvalue weighted by Gasteiger charge is 2.32. The van der Waals surface area contributed by atoms with Crippen LogP contribution < -0.4 is 0 Å². The predicted molar refractivity (Wildman–Crippen MR) is 91.6 cm³/mol. The number of carbonyl (C=O) groups is 1. The van der Waals surface area contributed by atoms with Gasteiger partial charge in [-0.05, 0) is 56.3 Å². The monoisotopic (exact) mass is 314 g/mol. The van der Waals surface area contributed by atoms with Crippen molar-refractivity contribution in [1.29, 1.82) is 0 Å². The number of carbonyl (C=O) groups excluding carboxylic acids is 1. The molecule has 116 valence electrons. The smallest absolute Gasteiger partial charge is 0.264 e. The van der Waals surface area contributed by atoms with Gasteiger partial charge in [0.05, 0.1) is 4.88 Å². The van der Waals surface area contributed by atoms with Crippen LogP contribution in [0.3, 0.4) is 0 Å². The Labute approximate surface area is 135 Å². The Balaban J connectivity index is 1.52. The molecule has 2 saturated heterocycles. The number of hydrogen-bond donors (Lipinski definition) is 0. The van der Waals surface area contributed by atoms with Crippen molar-refractivity contribution in [3.05, 3.63) is 35.2 Å². The van der Waals surface area contributed by atoms with Crippen LogP contribution in [0.15, 0.2) is 30.3 Å². The van der Waals surface area contributed by atoms with Crippen LogP contribution in [0, 0.1) is 0 Å². The molecule has 0 saturated carbocycles. The number of benzene rings is 1. The molecule has 0 aliphatic carbocycles. The molecule has 1 aromatic carbocycles. The van der Waals surface area contributed by atoms with Crippen molar-refractivity contribution in [2.75, 3.05) is 26.2 Å². The molecule has 2 aliphatic heterocycles. The van der Waals surface area contributed by atoms with Crippen LogP contribution in [0.4, 0.5) is 0 Å². The molecule has 4 heteroatoms. The summed E-state index contributed by atoms with van der Waals surface area (Å²) in [4.78, 5) is 18.5. The third-order valence-electron chi connectivity index (χ3n) is 4.94. The fourth-order valence-corrected chi connectivity index (χ4v) is 4.80. The average Bonchev–Trinajstić information content (AvgIpc) is 3.27. The maximum atomic E-state index is 12.9. The molecule has 1 aromatic heterocycles. The van der Waals surface area contributed by atoms with Crippen LogP contribution >= 0.6 is 11.3 Å². The van der Waals surface area contributed by atoms with Crippen molar-refractivity contribution in [3.63, 3.8) is 0 Å². The van der Waals surface area contributed by atoms with Crippen LogP contribution in [0.25, 0.3) is 10.1 Å². The van der Waals surface area contributed by atoms with Crippen LogP contribution in [0.5, 0.6) is 0 Å². The van der Waals surface area contributed by atoms with Gasteiger partial charge in [0.15, 0.2) is 0 Å². The average molecular weight is 314 g/mol. The first-order chi connectivity index (χ1) is 10.8. The lowest BCUT2D eigenvalue weighted by Gasteiger charge is -2.28. The van der Waals surface area contributed by atoms with E-state index in [-0.39, 0.29) is 5.91 Å². The summed E-state index contributed by atoms with van der Waals surface area (Å²) in [6.07, 6.45) is 4.94. The molecule has 2 fully saturated rings. The number of thiophene rings is 1. The van der Waals surface area contributed by atoms with E-state index in [0.717, 1.165) is 30.8 Å². The van der Waals surface area contributed by atoms with Crippen molar-refractivity contribution >= 4 is 27.3 Å². The van der Waals surface area contributed by atoms with E-state index >= 15 is 0 Å². The summed E-state index contributed by atoms with van der Waals surface area (Å²) in [7, 11) is 0. The molecular weight excluding hydrogens is 292 g/mol. The predicted octanol–water partition coefficient (Wildman–Crippen LogP) is 3.60. The number of nitrogens with zero attached hydrogens (tertiary/aromatic N) is 2. The third kappa shape index (κ3) is 2.66. The Morgan fingerprint density at radius 2 is 1.95 bits per heavy atom. The van der Waals surface area contributed by atoms with Gasteiger partial charge >= 0.3 is 0 Å². The summed E-state index contributed by atoms with van der Waals surface area (Å²) in [5, 5.41) is 1.19. The van der Waals surface area contributed by atoms with Crippen molar-refractivity contribution in [2.45, 2.75) is 31.7 Å². The van der Waals surface area contributed by atoms with E-state index in [9.17, 15) is 4.79 Å². The Hall–Kier alpha value is -1.39. The molecule has 22 heavy (non-hydrogen) atoms. The molecule has 0 bridgehead atoms. The molecule has 3 heterocycles. The van der Waals surface area contributed by atoms with Crippen molar-refractivity contribution < 1.29 is 4.79 Å². The summed E-state index contributed by atoms with van der Waals surface area (Å²) >= 11 is 1.63. The lowest BCUT2D eigenvalue weighted by molar-refractivity contribution is 0.0714. The highest BCUT2D eigenvalue weighted by molar-refractivity contribution is 7.20. The fourth-order valence-electron chi connectivity index (χ4n) is 3.78. The maximum Gasteiger partial charge on any atom is 0.264 e. The first-order valence-electron chi connectivity index (χ1n) is 8.33. The van der Waals surface area contributed by atoms with E-state index in [1.54, 1.807) is 11.3 Å². The molecule has 0 unspecified atom stereocenters. The van der Waals surface area contributed by atoms with Gasteiger partial charge in [-0.2, -0.15) is 0 Å². The summed E-state index contributed by atoms with van der Waals surface area (Å²) in [6.45, 7) is 4.41. The minimum atomic E-state index is 0.239. The fraction of sp³-hybridized carbons (Fsp3) is 0.500. The topological polar surface area (TPSA) is 23.6 Å². The van der Waals surface area contributed by atoms with E-state index in [4.69, 9.17) is 0 Å². The number of hydrogen-bond acceptors (Lipinski definition) is 3. The maximum absolute atomic E-state index is 12.9. The Bertz CT molecular complexity index is 642. The highest BCUT2D eigenvalue weighted by Crippen LogP contribution is 2.29. The second-order valence-electron chi connectivity index (χ2n) is 6.45. The van der Waals surface area contributed by atoms with Gasteiger partial charge in [-0.3, -0.25) is 4.79 Å². The van der Waals surface area contributed by atoms with E-state index in [1.807, 2.05) is 12.1 Å². The molecule has 0 radical (unpaired) electrons. The molecule has 2 aliphatic rings. The molecule has 1 amide bonds. The van der Waals surface area contributed by atoms with Crippen LogP contribution in [0.2, 0.25) is 0 Å². The molecule has 1 atom stereocenters. The largest absolute Gasteiger partial charge is 0.334 e. The van der Waals surface area contributed by atoms with Crippen LogP contribution in [0.1, 0.15) is 35.4 Å². The van der Waals surface area contributed by atoms with Gasteiger partial charge in [0.2, 0.25) is 0 Å². The minimum absolute atomic E-state index is 0.239. The van der Waals surface area contributed by atoms with Crippen molar-refractivity contribution in [3.8, 4) is 0 Å². The molecule has 0 spiro atoms. The van der Waals surface area contributed by atoms with E-state index in [1.165, 1.54) is 36.0 Å². The molecule has 3 nitrogen and oxygen atoms in total. The third-order valence-corrected chi connectivity index (χ3v) is 6.05. The first-order valence-corrected chi connectivity index (χ1v) is 9.15. The van der Waals surface area contributed by atoms with E-state index in [2.05, 4.69) is 28.0 Å². The summed E-state index contributed by atoms with van der Waals surface area (Å²) in [5.41, 5.74) is 0. The lowest BCUT2D eigenvalue weighted by Crippen LogP contribution is -2.42. The number of amides is 1. The van der Waals surface area contributed by atoms with Gasteiger partial charge in [0.1, 0.15) is 0 Å². The SMILES string of the molecule is O=C(c1cc2ccccc2s1)N1CCC[C@H]1CN1CCCC1. The van der Waals surface area contributed by atoms with Gasteiger partial charge < -0.3 is 9.80 Å². The molecule has 4 rings (SSSR count). The summed E-state index contributed by atoms with van der Waals surface area (Å²) in [6, 6.07) is 10.7. The van der Waals surface area contributed by atoms with Gasteiger partial charge in [-0.15, -0.1) is 11.3 Å². The second-order valence-corrected chi connectivity index (χ2v) is 7.53. The van der Waals surface area contributed by atoms with Gasteiger partial charge in [-0.1, -0.05) is 18.2 Å². The zero-order valence-corrected chi connectivity index (χ0v) is 13.6.